The zero-order valence-corrected chi connectivity index (χ0v) is 18.1. The summed E-state index contributed by atoms with van der Waals surface area (Å²) in [5, 5.41) is 7.07. The summed E-state index contributed by atoms with van der Waals surface area (Å²) in [4.78, 5) is 13.4. The maximum atomic E-state index is 13.7. The van der Waals surface area contributed by atoms with E-state index >= 15 is 0 Å². The molecule has 0 atom stereocenters. The highest BCUT2D eigenvalue weighted by atomic mass is 19.1. The van der Waals surface area contributed by atoms with Crippen molar-refractivity contribution in [3.8, 4) is 5.69 Å². The van der Waals surface area contributed by atoms with Gasteiger partial charge in [0.15, 0.2) is 0 Å². The molecule has 0 aromatic carbocycles. The molecule has 4 heterocycles. The average molecular weight is 445 g/mol. The van der Waals surface area contributed by atoms with Gasteiger partial charge in [-0.25, -0.2) is 9.37 Å². The maximum absolute atomic E-state index is 13.7. The van der Waals surface area contributed by atoms with E-state index in [2.05, 4.69) is 25.4 Å². The Morgan fingerprint density at radius 2 is 2.06 bits per heavy atom. The molecule has 4 aromatic heterocycles. The number of imidazole rings is 1. The van der Waals surface area contributed by atoms with Crippen LogP contribution in [0.1, 0.15) is 29.7 Å². The number of nitrogens with zero attached hydrogens (tertiary/aromatic N) is 6. The molecule has 4 aromatic rings. The predicted octanol–water partition coefficient (Wildman–Crippen LogP) is 3.05. The number of hydrogen-bond donors (Lipinski definition) is 2. The van der Waals surface area contributed by atoms with Crippen LogP contribution in [0.2, 0.25) is 0 Å². The molecule has 168 valence electrons. The fourth-order valence-electron chi connectivity index (χ4n) is 3.64. The molecule has 33 heavy (non-hydrogen) atoms. The Bertz CT molecular complexity index is 1300. The summed E-state index contributed by atoms with van der Waals surface area (Å²) in [6, 6.07) is 9.82. The van der Waals surface area contributed by atoms with Crippen LogP contribution >= 0.6 is 0 Å². The minimum atomic E-state index is -0.990. The molecule has 0 bridgehead atoms. The first-order valence-corrected chi connectivity index (χ1v) is 10.8. The van der Waals surface area contributed by atoms with E-state index in [0.717, 1.165) is 28.2 Å². The number of aromatic nitrogens is 4. The van der Waals surface area contributed by atoms with Crippen molar-refractivity contribution < 1.29 is 4.39 Å². The maximum Gasteiger partial charge on any atom is 0.137 e. The number of aliphatic imine (C=N–C) groups is 1. The monoisotopic (exact) mass is 444 g/mol. The molecule has 0 aliphatic heterocycles. The second-order valence-corrected chi connectivity index (χ2v) is 8.30. The fourth-order valence-corrected chi connectivity index (χ4v) is 3.64. The highest BCUT2D eigenvalue weighted by molar-refractivity contribution is 6.38. The summed E-state index contributed by atoms with van der Waals surface area (Å²) in [6.07, 6.45) is 14.3. The lowest BCUT2D eigenvalue weighted by atomic mass is 10.2. The second kappa shape index (κ2) is 8.95. The summed E-state index contributed by atoms with van der Waals surface area (Å²) in [6.45, 7) is 1.42. The molecule has 9 heteroatoms. The van der Waals surface area contributed by atoms with Gasteiger partial charge < -0.3 is 20.1 Å². The van der Waals surface area contributed by atoms with Gasteiger partial charge in [-0.05, 0) is 42.7 Å². The van der Waals surface area contributed by atoms with Crippen molar-refractivity contribution in [3.05, 3.63) is 84.3 Å². The number of fused-ring (bicyclic) bond motifs is 1. The number of halogens is 1. The van der Waals surface area contributed by atoms with Crippen molar-refractivity contribution in [1.82, 2.24) is 24.3 Å². The molecule has 8 nitrogen and oxygen atoms in total. The van der Waals surface area contributed by atoms with Gasteiger partial charge in [-0.15, -0.1) is 0 Å². The van der Waals surface area contributed by atoms with E-state index in [0.29, 0.717) is 38.2 Å². The van der Waals surface area contributed by atoms with Crippen molar-refractivity contribution in [1.29, 1.82) is 0 Å². The van der Waals surface area contributed by atoms with Crippen molar-refractivity contribution in [2.45, 2.75) is 31.6 Å². The zero-order valence-electron chi connectivity index (χ0n) is 18.1. The van der Waals surface area contributed by atoms with Crippen molar-refractivity contribution in [2.75, 3.05) is 6.54 Å². The van der Waals surface area contributed by atoms with Crippen molar-refractivity contribution in [2.24, 2.45) is 15.9 Å². The van der Waals surface area contributed by atoms with E-state index in [9.17, 15) is 4.39 Å². The molecule has 0 spiro atoms. The minimum absolute atomic E-state index is 0.392. The molecular weight excluding hydrogens is 419 g/mol. The Morgan fingerprint density at radius 1 is 1.21 bits per heavy atom. The van der Waals surface area contributed by atoms with Crippen molar-refractivity contribution in [3.63, 3.8) is 0 Å². The van der Waals surface area contributed by atoms with Gasteiger partial charge in [0.05, 0.1) is 24.1 Å². The normalized spacial score (nSPS) is 15.5. The van der Waals surface area contributed by atoms with Crippen LogP contribution in [0.3, 0.4) is 0 Å². The third kappa shape index (κ3) is 4.98. The van der Waals surface area contributed by atoms with Crippen LogP contribution in [0.4, 0.5) is 4.39 Å². The Labute approximate surface area is 190 Å². The quantitative estimate of drug-likeness (QED) is 0.236. The van der Waals surface area contributed by atoms with E-state index in [1.54, 1.807) is 18.6 Å². The summed E-state index contributed by atoms with van der Waals surface area (Å²) in [5.74, 6) is 5.61. The molecule has 0 unspecified atom stereocenters. The second-order valence-electron chi connectivity index (χ2n) is 8.30. The van der Waals surface area contributed by atoms with E-state index in [4.69, 9.17) is 5.84 Å². The number of alkyl halides is 1. The molecular formula is C24H25FN8. The first kappa shape index (κ1) is 21.0. The highest BCUT2D eigenvalue weighted by Crippen LogP contribution is 2.38. The number of hydrazone groups is 1. The first-order chi connectivity index (χ1) is 16.1. The minimum Gasteiger partial charge on any atom is -0.323 e. The number of rotatable bonds is 9. The van der Waals surface area contributed by atoms with E-state index in [1.165, 1.54) is 0 Å². The van der Waals surface area contributed by atoms with Crippen LogP contribution < -0.4 is 11.2 Å². The molecule has 1 aliphatic rings. The smallest absolute Gasteiger partial charge is 0.137 e. The molecule has 5 rings (SSSR count). The van der Waals surface area contributed by atoms with Crippen LogP contribution in [0.5, 0.6) is 0 Å². The summed E-state index contributed by atoms with van der Waals surface area (Å²) < 4.78 is 17.7. The number of pyridine rings is 2. The van der Waals surface area contributed by atoms with Gasteiger partial charge >= 0.3 is 0 Å². The molecule has 1 aliphatic carbocycles. The lowest BCUT2D eigenvalue weighted by Crippen LogP contribution is -2.24. The largest absolute Gasteiger partial charge is 0.323 e. The van der Waals surface area contributed by atoms with Gasteiger partial charge in [0, 0.05) is 55.9 Å². The average Bonchev–Trinajstić information content (AvgIpc) is 3.21. The number of hydrogen-bond acceptors (Lipinski definition) is 6. The fraction of sp³-hybridized carbons (Fsp3) is 0.250. The van der Waals surface area contributed by atoms with Crippen LogP contribution in [0.25, 0.3) is 11.3 Å². The third-order valence-corrected chi connectivity index (χ3v) is 5.65. The van der Waals surface area contributed by atoms with Crippen LogP contribution in [0.15, 0.2) is 77.6 Å². The third-order valence-electron chi connectivity index (χ3n) is 5.65. The van der Waals surface area contributed by atoms with E-state index in [1.807, 2.05) is 64.1 Å². The van der Waals surface area contributed by atoms with Gasteiger partial charge in [0.2, 0.25) is 0 Å². The topological polar surface area (TPSA) is 97.9 Å². The Kier molecular flexibility index (Phi) is 5.70. The molecule has 0 amide bonds. The van der Waals surface area contributed by atoms with E-state index < -0.39 is 5.67 Å². The molecule has 3 N–H and O–H groups in total. The standard InChI is InChI=1S/C24H25FN8/c25-24(5-6-24)17-29-10-18-3-4-23-30-20(16-33(23)15-18)12-28-14-22(31-26)19-9-21(13-27-11-19)32-7-1-2-8-32/h1-4,7-9,11,13-16,29H,5-6,10,12,17,26H2. The van der Waals surface area contributed by atoms with Crippen molar-refractivity contribution >= 4 is 17.6 Å². The number of nitrogens with one attached hydrogen (secondary N) is 1. The first-order valence-electron chi connectivity index (χ1n) is 10.8. The Morgan fingerprint density at radius 3 is 2.85 bits per heavy atom. The van der Waals surface area contributed by atoms with Gasteiger partial charge in [-0.3, -0.25) is 9.98 Å². The molecule has 1 saturated carbocycles. The summed E-state index contributed by atoms with van der Waals surface area (Å²) in [5.41, 5.74) is 3.98. The molecule has 0 saturated heterocycles. The van der Waals surface area contributed by atoms with Crippen LogP contribution in [-0.2, 0) is 13.1 Å². The van der Waals surface area contributed by atoms with Gasteiger partial charge in [-0.2, -0.15) is 5.10 Å². The Balaban J connectivity index is 1.23. The predicted molar refractivity (Wildman–Crippen MR) is 126 cm³/mol. The van der Waals surface area contributed by atoms with Crippen LogP contribution in [0, 0.1) is 0 Å². The van der Waals surface area contributed by atoms with E-state index in [-0.39, 0.29) is 0 Å². The number of nitrogens with two attached hydrogens (primary N) is 1. The summed E-state index contributed by atoms with van der Waals surface area (Å²) >= 11 is 0. The van der Waals surface area contributed by atoms with Gasteiger partial charge in [0.1, 0.15) is 17.0 Å². The lowest BCUT2D eigenvalue weighted by Gasteiger charge is -2.07. The van der Waals surface area contributed by atoms with Gasteiger partial charge in [0.25, 0.3) is 0 Å². The Hall–Kier alpha value is -3.85. The lowest BCUT2D eigenvalue weighted by molar-refractivity contribution is 0.295. The summed E-state index contributed by atoms with van der Waals surface area (Å²) in [7, 11) is 0. The van der Waals surface area contributed by atoms with Gasteiger partial charge in [-0.1, -0.05) is 6.07 Å². The molecule has 1 fully saturated rings. The molecule has 0 radical (unpaired) electrons. The SMILES string of the molecule is NN=C(C=NCc1cn2cc(CNCC3(F)CC3)ccc2n1)c1cncc(-n2cccc2)c1. The van der Waals surface area contributed by atoms with Crippen LogP contribution in [-0.4, -0.2) is 43.1 Å². The zero-order chi connectivity index (χ0) is 22.7. The highest BCUT2D eigenvalue weighted by Gasteiger charge is 2.42.